The van der Waals surface area contributed by atoms with Gasteiger partial charge in [-0.25, -0.2) is 0 Å². The van der Waals surface area contributed by atoms with Gasteiger partial charge in [-0.05, 0) is 72.9 Å². The molecular formula is C28H18Br2N4. The van der Waals surface area contributed by atoms with E-state index in [1.54, 1.807) is 0 Å². The molecule has 164 valence electrons. The summed E-state index contributed by atoms with van der Waals surface area (Å²) in [5, 5.41) is 6.97. The van der Waals surface area contributed by atoms with Crippen molar-refractivity contribution in [3.8, 4) is 11.4 Å². The molecule has 1 aliphatic heterocycles. The van der Waals surface area contributed by atoms with Gasteiger partial charge in [-0.15, -0.1) is 0 Å². The molecule has 0 saturated carbocycles. The molecule has 0 saturated heterocycles. The Morgan fingerprint density at radius 3 is 2.26 bits per heavy atom. The number of pyridine rings is 1. The van der Waals surface area contributed by atoms with Crippen LogP contribution in [-0.4, -0.2) is 14.1 Å². The average Bonchev–Trinajstić information content (AvgIpc) is 3.36. The third kappa shape index (κ3) is 2.92. The number of hydrogen-bond acceptors (Lipinski definition) is 2. The second-order valence-corrected chi connectivity index (χ2v) is 10.3. The first-order valence-corrected chi connectivity index (χ1v) is 12.6. The molecule has 0 bridgehead atoms. The number of halogens is 2. The zero-order valence-corrected chi connectivity index (χ0v) is 21.1. The standard InChI is InChI=1S/C28H18Br2N4/c29-17-4-6-25-21(12-17)23-15-31-10-8-27(23)33(25)19-2-1-3-20(14-19)34-26-7-5-18(30)13-22(26)24-16-32-11-9-28(24)34/h1-15,32H,16H2. The maximum Gasteiger partial charge on any atom is 0.0571 e. The fraction of sp³-hybridized carbons (Fsp3) is 0.0357. The largest absolute Gasteiger partial charge is 0.387 e. The number of nitrogens with zero attached hydrogens (tertiary/aromatic N) is 3. The molecule has 0 amide bonds. The second-order valence-electron chi connectivity index (χ2n) is 8.48. The van der Waals surface area contributed by atoms with Crippen LogP contribution in [0.5, 0.6) is 0 Å². The fourth-order valence-electron chi connectivity index (χ4n) is 5.17. The zero-order chi connectivity index (χ0) is 22.8. The molecule has 0 radical (unpaired) electrons. The van der Waals surface area contributed by atoms with E-state index in [-0.39, 0.29) is 0 Å². The minimum atomic E-state index is 0.820. The predicted octanol–water partition coefficient (Wildman–Crippen LogP) is 7.72. The highest BCUT2D eigenvalue weighted by molar-refractivity contribution is 9.10. The van der Waals surface area contributed by atoms with E-state index in [0.29, 0.717) is 0 Å². The van der Waals surface area contributed by atoms with Crippen molar-refractivity contribution in [1.29, 1.82) is 0 Å². The lowest BCUT2D eigenvalue weighted by atomic mass is 10.1. The van der Waals surface area contributed by atoms with Crippen LogP contribution in [0.3, 0.4) is 0 Å². The van der Waals surface area contributed by atoms with Crippen molar-refractivity contribution in [2.45, 2.75) is 6.54 Å². The SMILES string of the molecule is Brc1ccc2c(c1)c1c(n2-c2cccc(-n3c4ccncc4c4cc(Br)ccc43)c2)C=CNC1. The highest BCUT2D eigenvalue weighted by Crippen LogP contribution is 2.36. The summed E-state index contributed by atoms with van der Waals surface area (Å²) in [5.41, 5.74) is 8.31. The van der Waals surface area contributed by atoms with Crippen molar-refractivity contribution in [2.75, 3.05) is 0 Å². The van der Waals surface area contributed by atoms with Crippen LogP contribution in [0.4, 0.5) is 0 Å². The van der Waals surface area contributed by atoms with Gasteiger partial charge in [-0.1, -0.05) is 37.9 Å². The summed E-state index contributed by atoms with van der Waals surface area (Å²) < 4.78 is 6.85. The Hall–Kier alpha value is -3.35. The molecule has 0 spiro atoms. The minimum absolute atomic E-state index is 0.820. The van der Waals surface area contributed by atoms with Gasteiger partial charge in [0, 0.05) is 61.0 Å². The molecule has 3 aromatic carbocycles. The molecule has 4 nitrogen and oxygen atoms in total. The van der Waals surface area contributed by atoms with Crippen molar-refractivity contribution in [1.82, 2.24) is 19.4 Å². The van der Waals surface area contributed by atoms with Gasteiger partial charge in [-0.3, -0.25) is 4.98 Å². The van der Waals surface area contributed by atoms with Crippen LogP contribution in [-0.2, 0) is 6.54 Å². The van der Waals surface area contributed by atoms with Gasteiger partial charge in [0.25, 0.3) is 0 Å². The number of aromatic nitrogens is 3. The van der Waals surface area contributed by atoms with Crippen LogP contribution in [0.15, 0.2) is 94.3 Å². The van der Waals surface area contributed by atoms with Crippen LogP contribution in [0.25, 0.3) is 50.2 Å². The topological polar surface area (TPSA) is 34.8 Å². The van der Waals surface area contributed by atoms with Crippen molar-refractivity contribution in [2.24, 2.45) is 0 Å². The van der Waals surface area contributed by atoms with Gasteiger partial charge >= 0.3 is 0 Å². The minimum Gasteiger partial charge on any atom is -0.387 e. The molecule has 3 aromatic heterocycles. The van der Waals surface area contributed by atoms with E-state index in [1.165, 1.54) is 27.5 Å². The van der Waals surface area contributed by atoms with Gasteiger partial charge < -0.3 is 14.5 Å². The van der Waals surface area contributed by atoms with E-state index in [9.17, 15) is 0 Å². The third-order valence-electron chi connectivity index (χ3n) is 6.59. The Balaban J connectivity index is 1.52. The second kappa shape index (κ2) is 7.58. The first kappa shape index (κ1) is 20.1. The molecule has 0 fully saturated rings. The van der Waals surface area contributed by atoms with Crippen molar-refractivity contribution >= 4 is 70.6 Å². The summed E-state index contributed by atoms with van der Waals surface area (Å²) in [4.78, 5) is 4.40. The predicted molar refractivity (Wildman–Crippen MR) is 147 cm³/mol. The third-order valence-corrected chi connectivity index (χ3v) is 7.57. The first-order chi connectivity index (χ1) is 16.7. The molecule has 34 heavy (non-hydrogen) atoms. The number of fused-ring (bicyclic) bond motifs is 6. The smallest absolute Gasteiger partial charge is 0.0571 e. The summed E-state index contributed by atoms with van der Waals surface area (Å²) in [7, 11) is 0. The van der Waals surface area contributed by atoms with Crippen LogP contribution in [0.2, 0.25) is 0 Å². The monoisotopic (exact) mass is 568 g/mol. The zero-order valence-electron chi connectivity index (χ0n) is 18.0. The van der Waals surface area contributed by atoms with Crippen molar-refractivity contribution < 1.29 is 0 Å². The highest BCUT2D eigenvalue weighted by Gasteiger charge is 2.19. The van der Waals surface area contributed by atoms with E-state index in [0.717, 1.165) is 43.3 Å². The van der Waals surface area contributed by atoms with E-state index in [2.05, 4.69) is 124 Å². The Morgan fingerprint density at radius 1 is 0.735 bits per heavy atom. The average molecular weight is 570 g/mol. The van der Waals surface area contributed by atoms with Gasteiger partial charge in [0.15, 0.2) is 0 Å². The van der Waals surface area contributed by atoms with Crippen LogP contribution in [0, 0.1) is 0 Å². The lowest BCUT2D eigenvalue weighted by Crippen LogP contribution is -2.11. The fourth-order valence-corrected chi connectivity index (χ4v) is 5.90. The van der Waals surface area contributed by atoms with E-state index in [1.807, 2.05) is 18.6 Å². The van der Waals surface area contributed by atoms with E-state index >= 15 is 0 Å². The summed E-state index contributed by atoms with van der Waals surface area (Å²) in [6.45, 7) is 0.820. The number of benzene rings is 3. The summed E-state index contributed by atoms with van der Waals surface area (Å²) in [5.74, 6) is 0. The van der Waals surface area contributed by atoms with Gasteiger partial charge in [0.05, 0.1) is 22.2 Å². The molecule has 1 aliphatic rings. The molecule has 7 rings (SSSR count). The molecule has 0 aliphatic carbocycles. The molecule has 0 atom stereocenters. The lowest BCUT2D eigenvalue weighted by Gasteiger charge is -2.15. The van der Waals surface area contributed by atoms with Crippen molar-refractivity contribution in [3.05, 3.63) is 106 Å². The highest BCUT2D eigenvalue weighted by atomic mass is 79.9. The number of rotatable bonds is 2. The normalized spacial score (nSPS) is 13.0. The van der Waals surface area contributed by atoms with Gasteiger partial charge in [0.1, 0.15) is 0 Å². The van der Waals surface area contributed by atoms with Crippen LogP contribution >= 0.6 is 31.9 Å². The van der Waals surface area contributed by atoms with Crippen molar-refractivity contribution in [3.63, 3.8) is 0 Å². The van der Waals surface area contributed by atoms with Gasteiger partial charge in [0.2, 0.25) is 0 Å². The lowest BCUT2D eigenvalue weighted by molar-refractivity contribution is 0.855. The molecule has 0 unspecified atom stereocenters. The number of hydrogen-bond donors (Lipinski definition) is 1. The van der Waals surface area contributed by atoms with Gasteiger partial charge in [-0.2, -0.15) is 0 Å². The van der Waals surface area contributed by atoms with E-state index < -0.39 is 0 Å². The van der Waals surface area contributed by atoms with Crippen LogP contribution < -0.4 is 5.32 Å². The Morgan fingerprint density at radius 2 is 1.44 bits per heavy atom. The van der Waals surface area contributed by atoms with Crippen LogP contribution in [0.1, 0.15) is 11.3 Å². The quantitative estimate of drug-likeness (QED) is 0.232. The molecule has 6 heteroatoms. The summed E-state index contributed by atoms with van der Waals surface area (Å²) in [6, 6.07) is 23.8. The van der Waals surface area contributed by atoms with E-state index in [4.69, 9.17) is 0 Å². The number of nitrogens with one attached hydrogen (secondary N) is 1. The molecule has 1 N–H and O–H groups in total. The molecule has 4 heterocycles. The molecule has 6 aromatic rings. The summed E-state index contributed by atoms with van der Waals surface area (Å²) in [6.07, 6.45) is 8.02. The Bertz CT molecular complexity index is 1790. The Kier molecular flexibility index (Phi) is 4.47. The Labute approximate surface area is 212 Å². The molecular weight excluding hydrogens is 552 g/mol. The maximum absolute atomic E-state index is 4.40. The first-order valence-electron chi connectivity index (χ1n) is 11.1. The maximum atomic E-state index is 4.40. The summed E-state index contributed by atoms with van der Waals surface area (Å²) >= 11 is 7.29.